The molecule has 2 aromatic rings. The first-order valence-corrected chi connectivity index (χ1v) is 5.53. The Labute approximate surface area is 92.6 Å². The number of nitrogens with one attached hydrogen (secondary N) is 1. The Morgan fingerprint density at radius 1 is 1.13 bits per heavy atom. The minimum Gasteiger partial charge on any atom is -0.373 e. The average Bonchev–Trinajstić information content (AvgIpc) is 2.76. The standard InChI is InChI=1S/C12H11NOS/c14-9-11-6-7-12(15-11)13-8-10-4-2-1-3-5-10/h1-7,9,13H,8H2. The summed E-state index contributed by atoms with van der Waals surface area (Å²) in [7, 11) is 0. The van der Waals surface area contributed by atoms with Crippen LogP contribution < -0.4 is 5.32 Å². The number of rotatable bonds is 4. The summed E-state index contributed by atoms with van der Waals surface area (Å²) in [6.45, 7) is 0.791. The quantitative estimate of drug-likeness (QED) is 0.797. The molecule has 0 bridgehead atoms. The zero-order valence-corrected chi connectivity index (χ0v) is 8.96. The second kappa shape index (κ2) is 4.75. The molecule has 76 valence electrons. The van der Waals surface area contributed by atoms with Gasteiger partial charge in [-0.2, -0.15) is 0 Å². The van der Waals surface area contributed by atoms with Crippen molar-refractivity contribution in [3.05, 3.63) is 52.9 Å². The van der Waals surface area contributed by atoms with Crippen molar-refractivity contribution in [1.29, 1.82) is 0 Å². The SMILES string of the molecule is O=Cc1ccc(NCc2ccccc2)s1. The molecule has 3 heteroatoms. The third-order valence-corrected chi connectivity index (χ3v) is 3.02. The van der Waals surface area contributed by atoms with Gasteiger partial charge in [0.2, 0.25) is 0 Å². The summed E-state index contributed by atoms with van der Waals surface area (Å²) in [5.41, 5.74) is 1.23. The topological polar surface area (TPSA) is 29.1 Å². The van der Waals surface area contributed by atoms with Crippen LogP contribution in [0.15, 0.2) is 42.5 Å². The van der Waals surface area contributed by atoms with Crippen LogP contribution in [0.3, 0.4) is 0 Å². The molecule has 1 aromatic heterocycles. The molecule has 1 N–H and O–H groups in total. The van der Waals surface area contributed by atoms with Crippen molar-refractivity contribution in [3.8, 4) is 0 Å². The van der Waals surface area contributed by atoms with Gasteiger partial charge in [-0.05, 0) is 17.7 Å². The first-order chi connectivity index (χ1) is 7.38. The minimum absolute atomic E-state index is 0.755. The molecule has 0 unspecified atom stereocenters. The van der Waals surface area contributed by atoms with Crippen LogP contribution in [0, 0.1) is 0 Å². The van der Waals surface area contributed by atoms with Crippen molar-refractivity contribution in [2.45, 2.75) is 6.54 Å². The molecule has 0 saturated heterocycles. The van der Waals surface area contributed by atoms with Crippen LogP contribution in [0.2, 0.25) is 0 Å². The third kappa shape index (κ3) is 2.67. The number of anilines is 1. The van der Waals surface area contributed by atoms with Crippen LogP contribution in [0.1, 0.15) is 15.2 Å². The lowest BCUT2D eigenvalue weighted by Crippen LogP contribution is -1.96. The van der Waals surface area contributed by atoms with Gasteiger partial charge in [0.05, 0.1) is 9.88 Å². The molecule has 0 spiro atoms. The molecule has 0 aliphatic carbocycles. The largest absolute Gasteiger partial charge is 0.373 e. The third-order valence-electron chi connectivity index (χ3n) is 2.05. The molecule has 0 atom stereocenters. The summed E-state index contributed by atoms with van der Waals surface area (Å²) in [6, 6.07) is 13.9. The number of hydrogen-bond acceptors (Lipinski definition) is 3. The van der Waals surface area contributed by atoms with Gasteiger partial charge in [-0.1, -0.05) is 30.3 Å². The van der Waals surface area contributed by atoms with Crippen LogP contribution in [0.4, 0.5) is 5.00 Å². The Balaban J connectivity index is 1.96. The molecule has 0 fully saturated rings. The Bertz CT molecular complexity index is 436. The fraction of sp³-hybridized carbons (Fsp3) is 0.0833. The van der Waals surface area contributed by atoms with Gasteiger partial charge in [-0.15, -0.1) is 11.3 Å². The Kier molecular flexibility index (Phi) is 3.15. The van der Waals surface area contributed by atoms with Crippen molar-refractivity contribution < 1.29 is 4.79 Å². The number of hydrogen-bond donors (Lipinski definition) is 1. The van der Waals surface area contributed by atoms with Gasteiger partial charge in [0.1, 0.15) is 0 Å². The number of carbonyl (C=O) groups excluding carboxylic acids is 1. The molecule has 2 nitrogen and oxygen atoms in total. The number of benzene rings is 1. The van der Waals surface area contributed by atoms with E-state index in [0.29, 0.717) is 0 Å². The molecule has 0 saturated carbocycles. The van der Waals surface area contributed by atoms with E-state index in [9.17, 15) is 4.79 Å². The van der Waals surface area contributed by atoms with E-state index in [1.165, 1.54) is 16.9 Å². The molecule has 15 heavy (non-hydrogen) atoms. The molecule has 0 radical (unpaired) electrons. The number of carbonyl (C=O) groups is 1. The molecule has 0 amide bonds. The van der Waals surface area contributed by atoms with Gasteiger partial charge in [0.15, 0.2) is 6.29 Å². The van der Waals surface area contributed by atoms with E-state index in [4.69, 9.17) is 0 Å². The predicted octanol–water partition coefficient (Wildman–Crippen LogP) is 3.17. The van der Waals surface area contributed by atoms with Crippen LogP contribution in [0.25, 0.3) is 0 Å². The number of aldehydes is 1. The summed E-state index contributed by atoms with van der Waals surface area (Å²) in [5, 5.41) is 4.30. The summed E-state index contributed by atoms with van der Waals surface area (Å²) < 4.78 is 0. The molecular formula is C12H11NOS. The van der Waals surface area contributed by atoms with Gasteiger partial charge in [0.25, 0.3) is 0 Å². The molecule has 0 aliphatic heterocycles. The van der Waals surface area contributed by atoms with E-state index < -0.39 is 0 Å². The summed E-state index contributed by atoms with van der Waals surface area (Å²) >= 11 is 1.47. The Morgan fingerprint density at radius 3 is 2.60 bits per heavy atom. The maximum atomic E-state index is 10.5. The van der Waals surface area contributed by atoms with Crippen LogP contribution in [0.5, 0.6) is 0 Å². The van der Waals surface area contributed by atoms with Crippen LogP contribution in [-0.4, -0.2) is 6.29 Å². The Hall–Kier alpha value is -1.61. The lowest BCUT2D eigenvalue weighted by molar-refractivity contribution is 0.112. The van der Waals surface area contributed by atoms with Crippen molar-refractivity contribution in [1.82, 2.24) is 0 Å². The molecule has 0 aliphatic rings. The first kappa shape index (κ1) is 9.93. The van der Waals surface area contributed by atoms with Crippen molar-refractivity contribution >= 4 is 22.6 Å². The van der Waals surface area contributed by atoms with Gasteiger partial charge in [-0.25, -0.2) is 0 Å². The van der Waals surface area contributed by atoms with E-state index in [-0.39, 0.29) is 0 Å². The molecule has 1 aromatic carbocycles. The van der Waals surface area contributed by atoms with Gasteiger partial charge in [0, 0.05) is 6.54 Å². The summed E-state index contributed by atoms with van der Waals surface area (Å²) in [4.78, 5) is 11.2. The molecular weight excluding hydrogens is 206 g/mol. The lowest BCUT2D eigenvalue weighted by atomic mass is 10.2. The highest BCUT2D eigenvalue weighted by Gasteiger charge is 1.97. The first-order valence-electron chi connectivity index (χ1n) is 4.71. The van der Waals surface area contributed by atoms with Gasteiger partial charge >= 0.3 is 0 Å². The highest BCUT2D eigenvalue weighted by Crippen LogP contribution is 2.20. The van der Waals surface area contributed by atoms with Crippen molar-refractivity contribution in [2.75, 3.05) is 5.32 Å². The monoisotopic (exact) mass is 217 g/mol. The van der Waals surface area contributed by atoms with E-state index in [0.717, 1.165) is 22.7 Å². The van der Waals surface area contributed by atoms with Crippen molar-refractivity contribution in [2.24, 2.45) is 0 Å². The van der Waals surface area contributed by atoms with Crippen LogP contribution in [-0.2, 0) is 6.54 Å². The fourth-order valence-corrected chi connectivity index (χ4v) is 2.01. The highest BCUT2D eigenvalue weighted by molar-refractivity contribution is 7.17. The zero-order chi connectivity index (χ0) is 10.5. The van der Waals surface area contributed by atoms with Crippen molar-refractivity contribution in [3.63, 3.8) is 0 Å². The summed E-state index contributed by atoms with van der Waals surface area (Å²) in [6.07, 6.45) is 0.873. The zero-order valence-electron chi connectivity index (χ0n) is 8.14. The van der Waals surface area contributed by atoms with E-state index in [1.54, 1.807) is 0 Å². The van der Waals surface area contributed by atoms with E-state index >= 15 is 0 Å². The highest BCUT2D eigenvalue weighted by atomic mass is 32.1. The number of thiophene rings is 1. The van der Waals surface area contributed by atoms with Crippen LogP contribution >= 0.6 is 11.3 Å². The maximum absolute atomic E-state index is 10.5. The second-order valence-electron chi connectivity index (χ2n) is 3.16. The summed E-state index contributed by atoms with van der Waals surface area (Å²) in [5.74, 6) is 0. The van der Waals surface area contributed by atoms with E-state index in [1.807, 2.05) is 30.3 Å². The van der Waals surface area contributed by atoms with Gasteiger partial charge < -0.3 is 5.32 Å². The Morgan fingerprint density at radius 2 is 1.93 bits per heavy atom. The fourth-order valence-electron chi connectivity index (χ4n) is 1.30. The normalized spacial score (nSPS) is 9.87. The average molecular weight is 217 g/mol. The molecule has 1 heterocycles. The predicted molar refractivity (Wildman–Crippen MR) is 63.5 cm³/mol. The minimum atomic E-state index is 0.755. The lowest BCUT2D eigenvalue weighted by Gasteiger charge is -2.02. The van der Waals surface area contributed by atoms with E-state index in [2.05, 4.69) is 17.4 Å². The maximum Gasteiger partial charge on any atom is 0.160 e. The molecule has 2 rings (SSSR count). The van der Waals surface area contributed by atoms with Gasteiger partial charge in [-0.3, -0.25) is 4.79 Å². The smallest absolute Gasteiger partial charge is 0.160 e. The second-order valence-corrected chi connectivity index (χ2v) is 4.27.